The van der Waals surface area contributed by atoms with E-state index in [0.29, 0.717) is 124 Å². The van der Waals surface area contributed by atoms with Gasteiger partial charge in [-0.1, -0.05) is 173 Å². The Morgan fingerprint density at radius 2 is 1.02 bits per heavy atom. The van der Waals surface area contributed by atoms with Crippen molar-refractivity contribution in [2.24, 2.45) is 158 Å². The predicted octanol–water partition coefficient (Wildman–Crippen LogP) is 15.8. The van der Waals surface area contributed by atoms with Crippen molar-refractivity contribution < 1.29 is 9.53 Å². The van der Waals surface area contributed by atoms with E-state index in [1.165, 1.54) is 6.42 Å². The fourth-order valence-electron chi connectivity index (χ4n) is 19.1. The molecule has 0 amide bonds. The van der Waals surface area contributed by atoms with E-state index in [2.05, 4.69) is 173 Å². The zero-order valence-corrected chi connectivity index (χ0v) is 43.4. The Morgan fingerprint density at radius 3 is 1.33 bits per heavy atom. The van der Waals surface area contributed by atoms with Crippen molar-refractivity contribution in [1.29, 1.82) is 0 Å². The standard InChI is InChI=1S/C55H104O2/c1-28(2)41-27-38(21)55(48(34(13)14)40(23)53(24,25)51(55)35(15)16)50(46(42(29(3)4)30(5)6)43(31(7)8)32(9)10)47(52(56)57-26)45(41)49-44(33(11)12)39(22)54(49,36(17)18)37(19)20/h28-51H,27H2,1-26H3. The van der Waals surface area contributed by atoms with Crippen LogP contribution < -0.4 is 0 Å². The normalized spacial score (nSPS) is 36.0. The number of esters is 1. The summed E-state index contributed by atoms with van der Waals surface area (Å²) < 4.78 is 6.49. The predicted molar refractivity (Wildman–Crippen MR) is 250 cm³/mol. The molecule has 3 fully saturated rings. The van der Waals surface area contributed by atoms with Crippen LogP contribution in [-0.2, 0) is 9.53 Å². The molecule has 0 aromatic carbocycles. The topological polar surface area (TPSA) is 26.3 Å². The van der Waals surface area contributed by atoms with Gasteiger partial charge in [-0.3, -0.25) is 4.79 Å². The van der Waals surface area contributed by atoms with Gasteiger partial charge in [-0.15, -0.1) is 0 Å². The maximum atomic E-state index is 16.1. The molecule has 0 saturated heterocycles. The number of hydrogen-bond donors (Lipinski definition) is 0. The van der Waals surface area contributed by atoms with Crippen LogP contribution in [-0.4, -0.2) is 13.1 Å². The number of hydrogen-bond acceptors (Lipinski definition) is 2. The molecule has 336 valence electrons. The molecule has 0 N–H and O–H groups in total. The molecule has 2 nitrogen and oxygen atoms in total. The SMILES string of the molecule is COC(=O)C1C(C2C(C(C)C)C(C)C2(C(C)C)C(C)C)C(C(C)C)CC(C)C2(C1C(C(C(C)C)C(C)C)C(C(C)C)C(C)C)C(C(C)C)C(C)C(C)(C)C2C(C)C. The fourth-order valence-corrected chi connectivity index (χ4v) is 19.1. The molecule has 3 saturated carbocycles. The van der Waals surface area contributed by atoms with Crippen LogP contribution in [0.2, 0.25) is 0 Å². The maximum absolute atomic E-state index is 16.1. The van der Waals surface area contributed by atoms with E-state index in [-0.39, 0.29) is 40.0 Å². The van der Waals surface area contributed by atoms with Gasteiger partial charge in [-0.05, 0) is 159 Å². The quantitative estimate of drug-likeness (QED) is 0.154. The molecule has 0 radical (unpaired) electrons. The number of methoxy groups -OCH3 is 1. The Balaban J connectivity index is 2.90. The number of rotatable bonds is 15. The number of carbonyl (C=O) groups excluding carboxylic acids is 1. The molecule has 2 heteroatoms. The van der Waals surface area contributed by atoms with Crippen molar-refractivity contribution in [2.75, 3.05) is 7.11 Å². The Bertz CT molecular complexity index is 1230. The Hall–Kier alpha value is -0.530. The summed E-state index contributed by atoms with van der Waals surface area (Å²) in [4.78, 5) is 16.1. The summed E-state index contributed by atoms with van der Waals surface area (Å²) in [6, 6.07) is 0. The molecule has 3 rings (SSSR count). The lowest BCUT2D eigenvalue weighted by Gasteiger charge is -2.71. The van der Waals surface area contributed by atoms with Gasteiger partial charge >= 0.3 is 5.97 Å². The highest BCUT2D eigenvalue weighted by atomic mass is 16.5. The second-order valence-electron chi connectivity index (χ2n) is 25.5. The molecule has 3 aliphatic rings. The van der Waals surface area contributed by atoms with Gasteiger partial charge in [0.2, 0.25) is 0 Å². The minimum Gasteiger partial charge on any atom is -0.469 e. The second-order valence-corrected chi connectivity index (χ2v) is 25.5. The first-order chi connectivity index (χ1) is 26.0. The zero-order valence-electron chi connectivity index (χ0n) is 43.4. The second kappa shape index (κ2) is 18.4. The van der Waals surface area contributed by atoms with Crippen molar-refractivity contribution in [3.05, 3.63) is 0 Å². The third kappa shape index (κ3) is 7.92. The highest BCUT2D eigenvalue weighted by molar-refractivity contribution is 5.74. The molecule has 0 bridgehead atoms. The van der Waals surface area contributed by atoms with E-state index < -0.39 is 0 Å². The first kappa shape index (κ1) is 50.8. The lowest BCUT2D eigenvalue weighted by atomic mass is 9.33. The van der Waals surface area contributed by atoms with Crippen LogP contribution in [0, 0.1) is 158 Å². The molecule has 0 aliphatic heterocycles. The van der Waals surface area contributed by atoms with Gasteiger partial charge in [0.05, 0.1) is 13.0 Å². The summed E-state index contributed by atoms with van der Waals surface area (Å²) >= 11 is 0. The number of ether oxygens (including phenoxy) is 1. The number of carbonyl (C=O) groups is 1. The molecule has 0 heterocycles. The molecule has 1 spiro atoms. The van der Waals surface area contributed by atoms with E-state index in [9.17, 15) is 0 Å². The van der Waals surface area contributed by atoms with E-state index >= 15 is 4.79 Å². The Kier molecular flexibility index (Phi) is 16.4. The van der Waals surface area contributed by atoms with Crippen LogP contribution in [0.25, 0.3) is 0 Å². The molecule has 0 aromatic heterocycles. The van der Waals surface area contributed by atoms with Crippen molar-refractivity contribution >= 4 is 5.97 Å². The smallest absolute Gasteiger partial charge is 0.309 e. The molecule has 12 unspecified atom stereocenters. The lowest BCUT2D eigenvalue weighted by Crippen LogP contribution is -2.68. The minimum atomic E-state index is -0.142. The summed E-state index contributed by atoms with van der Waals surface area (Å²) in [5.74, 6) is 11.3. The van der Waals surface area contributed by atoms with E-state index in [1.807, 2.05) is 0 Å². The Labute approximate surface area is 359 Å². The molecular weight excluding hydrogens is 693 g/mol. The molecule has 12 atom stereocenters. The lowest BCUT2D eigenvalue weighted by molar-refractivity contribution is -0.243. The Morgan fingerprint density at radius 1 is 0.579 bits per heavy atom. The largest absolute Gasteiger partial charge is 0.469 e. The molecule has 0 aromatic rings. The summed E-state index contributed by atoms with van der Waals surface area (Å²) in [6.45, 7) is 64.2. The van der Waals surface area contributed by atoms with Crippen LogP contribution in [0.1, 0.15) is 180 Å². The highest BCUT2D eigenvalue weighted by Gasteiger charge is 2.75. The third-order valence-corrected chi connectivity index (χ3v) is 19.6. The average Bonchev–Trinajstić information content (AvgIpc) is 3.16. The van der Waals surface area contributed by atoms with E-state index in [1.54, 1.807) is 7.11 Å². The van der Waals surface area contributed by atoms with Crippen LogP contribution in [0.15, 0.2) is 0 Å². The van der Waals surface area contributed by atoms with Gasteiger partial charge in [0.15, 0.2) is 0 Å². The van der Waals surface area contributed by atoms with Gasteiger partial charge in [0, 0.05) is 0 Å². The van der Waals surface area contributed by atoms with Crippen molar-refractivity contribution in [3.63, 3.8) is 0 Å². The molecule has 3 aliphatic carbocycles. The highest BCUT2D eigenvalue weighted by Crippen LogP contribution is 2.78. The molecular formula is C55H104O2. The van der Waals surface area contributed by atoms with Crippen LogP contribution in [0.3, 0.4) is 0 Å². The first-order valence-electron chi connectivity index (χ1n) is 25.1. The van der Waals surface area contributed by atoms with Gasteiger partial charge in [0.25, 0.3) is 0 Å². The van der Waals surface area contributed by atoms with Crippen LogP contribution in [0.4, 0.5) is 0 Å². The van der Waals surface area contributed by atoms with Crippen molar-refractivity contribution in [1.82, 2.24) is 0 Å². The summed E-state index contributed by atoms with van der Waals surface area (Å²) in [6.07, 6.45) is 1.22. The minimum absolute atomic E-state index is 0.0261. The summed E-state index contributed by atoms with van der Waals surface area (Å²) in [5, 5.41) is 0. The third-order valence-electron chi connectivity index (χ3n) is 19.6. The van der Waals surface area contributed by atoms with Crippen molar-refractivity contribution in [2.45, 2.75) is 180 Å². The maximum Gasteiger partial charge on any atom is 0.309 e. The fraction of sp³-hybridized carbons (Fsp3) is 0.982. The summed E-state index contributed by atoms with van der Waals surface area (Å²) in [5.41, 5.74) is 0.277. The van der Waals surface area contributed by atoms with Crippen molar-refractivity contribution in [3.8, 4) is 0 Å². The first-order valence-corrected chi connectivity index (χ1v) is 25.1. The van der Waals surface area contributed by atoms with Gasteiger partial charge < -0.3 is 4.74 Å². The summed E-state index contributed by atoms with van der Waals surface area (Å²) in [7, 11) is 1.77. The van der Waals surface area contributed by atoms with E-state index in [4.69, 9.17) is 4.74 Å². The monoisotopic (exact) mass is 797 g/mol. The van der Waals surface area contributed by atoms with Gasteiger partial charge in [-0.25, -0.2) is 0 Å². The zero-order chi connectivity index (χ0) is 44.3. The van der Waals surface area contributed by atoms with Gasteiger partial charge in [0.1, 0.15) is 0 Å². The van der Waals surface area contributed by atoms with E-state index in [0.717, 1.165) is 0 Å². The van der Waals surface area contributed by atoms with Crippen LogP contribution >= 0.6 is 0 Å². The van der Waals surface area contributed by atoms with Gasteiger partial charge in [-0.2, -0.15) is 0 Å². The molecule has 57 heavy (non-hydrogen) atoms. The average molecular weight is 797 g/mol. The van der Waals surface area contributed by atoms with Crippen LogP contribution in [0.5, 0.6) is 0 Å².